The van der Waals surface area contributed by atoms with Crippen molar-refractivity contribution in [1.29, 1.82) is 0 Å². The van der Waals surface area contributed by atoms with Crippen molar-refractivity contribution in [3.63, 3.8) is 0 Å². The summed E-state index contributed by atoms with van der Waals surface area (Å²) < 4.78 is 5.49. The van der Waals surface area contributed by atoms with E-state index in [0.717, 1.165) is 23.1 Å². The topological polar surface area (TPSA) is 66.8 Å². The molecule has 1 saturated heterocycles. The number of nitrogens with zero attached hydrogens (tertiary/aromatic N) is 1. The van der Waals surface area contributed by atoms with Gasteiger partial charge in [-0.15, -0.1) is 0 Å². The van der Waals surface area contributed by atoms with E-state index in [1.807, 2.05) is 45.0 Å². The van der Waals surface area contributed by atoms with Gasteiger partial charge in [-0.25, -0.2) is 4.79 Å². The molecule has 0 bridgehead atoms. The first-order valence-corrected chi connectivity index (χ1v) is 10.1. The van der Waals surface area contributed by atoms with E-state index >= 15 is 0 Å². The molecule has 1 amide bonds. The number of carbonyl (C=O) groups excluding carboxylic acids is 1. The van der Waals surface area contributed by atoms with E-state index in [0.29, 0.717) is 13.1 Å². The predicted molar refractivity (Wildman–Crippen MR) is 113 cm³/mol. The molecule has 0 aliphatic carbocycles. The van der Waals surface area contributed by atoms with E-state index in [-0.39, 0.29) is 24.3 Å². The van der Waals surface area contributed by atoms with E-state index in [1.165, 1.54) is 0 Å². The van der Waals surface area contributed by atoms with E-state index in [4.69, 9.17) is 4.74 Å². The maximum absolute atomic E-state index is 12.5. The van der Waals surface area contributed by atoms with Gasteiger partial charge in [-0.05, 0) is 55.7 Å². The number of benzene rings is 2. The summed E-state index contributed by atoms with van der Waals surface area (Å²) in [6.07, 6.45) is 0.374. The largest absolute Gasteiger partial charge is 0.481 e. The summed E-state index contributed by atoms with van der Waals surface area (Å²) >= 11 is 0. The Morgan fingerprint density at radius 3 is 2.41 bits per heavy atom. The van der Waals surface area contributed by atoms with Crippen molar-refractivity contribution in [3.05, 3.63) is 60.2 Å². The van der Waals surface area contributed by atoms with Crippen LogP contribution in [0.3, 0.4) is 0 Å². The SMILES string of the molecule is CC(C)(C)OC(=O)N1CC[C@H](c2cccc(-c3ccccc3)c2)[C@@H](CC(=O)O)C1. The summed E-state index contributed by atoms with van der Waals surface area (Å²) in [5.74, 6) is -0.904. The number of carbonyl (C=O) groups is 2. The molecule has 1 heterocycles. The Balaban J connectivity index is 1.82. The standard InChI is InChI=1S/C24H29NO4/c1-24(2,3)29-23(28)25-13-12-21(20(16-25)15-22(26)27)19-11-7-10-18(14-19)17-8-5-4-6-9-17/h4-11,14,20-21H,12-13,15-16H2,1-3H3,(H,26,27)/t20-,21+/m0/s1. The highest BCUT2D eigenvalue weighted by molar-refractivity contribution is 5.70. The fourth-order valence-corrected chi connectivity index (χ4v) is 3.97. The molecule has 1 N–H and O–H groups in total. The second kappa shape index (κ2) is 8.68. The summed E-state index contributed by atoms with van der Waals surface area (Å²) in [7, 11) is 0. The monoisotopic (exact) mass is 395 g/mol. The van der Waals surface area contributed by atoms with Gasteiger partial charge < -0.3 is 14.7 Å². The van der Waals surface area contributed by atoms with Crippen LogP contribution in [0, 0.1) is 5.92 Å². The molecule has 0 radical (unpaired) electrons. The smallest absolute Gasteiger partial charge is 0.410 e. The second-order valence-electron chi connectivity index (χ2n) is 8.67. The van der Waals surface area contributed by atoms with Gasteiger partial charge >= 0.3 is 12.1 Å². The molecule has 1 fully saturated rings. The third-order valence-electron chi connectivity index (χ3n) is 5.24. The van der Waals surface area contributed by atoms with E-state index in [2.05, 4.69) is 30.3 Å². The third-order valence-corrected chi connectivity index (χ3v) is 5.24. The highest BCUT2D eigenvalue weighted by atomic mass is 16.6. The van der Waals surface area contributed by atoms with Crippen LogP contribution in [-0.4, -0.2) is 40.8 Å². The maximum Gasteiger partial charge on any atom is 0.410 e. The third kappa shape index (κ3) is 5.59. The molecule has 1 aliphatic rings. The zero-order chi connectivity index (χ0) is 21.0. The number of hydrogen-bond acceptors (Lipinski definition) is 3. The lowest BCUT2D eigenvalue weighted by molar-refractivity contribution is -0.138. The molecule has 2 aromatic rings. The number of carboxylic acid groups (broad SMARTS) is 1. The Bertz CT molecular complexity index is 857. The fourth-order valence-electron chi connectivity index (χ4n) is 3.97. The van der Waals surface area contributed by atoms with Gasteiger partial charge in [0.2, 0.25) is 0 Å². The van der Waals surface area contributed by atoms with Crippen LogP contribution in [0.4, 0.5) is 4.79 Å². The molecule has 2 atom stereocenters. The molecule has 1 aliphatic heterocycles. The highest BCUT2D eigenvalue weighted by Crippen LogP contribution is 2.37. The second-order valence-corrected chi connectivity index (χ2v) is 8.67. The van der Waals surface area contributed by atoms with Crippen LogP contribution >= 0.6 is 0 Å². The zero-order valence-corrected chi connectivity index (χ0v) is 17.3. The van der Waals surface area contributed by atoms with Crippen LogP contribution in [0.25, 0.3) is 11.1 Å². The number of rotatable bonds is 4. The zero-order valence-electron chi connectivity index (χ0n) is 17.3. The van der Waals surface area contributed by atoms with Crippen molar-refractivity contribution in [3.8, 4) is 11.1 Å². The van der Waals surface area contributed by atoms with Crippen LogP contribution in [0.2, 0.25) is 0 Å². The molecule has 5 heteroatoms. The number of carboxylic acids is 1. The number of amides is 1. The Hall–Kier alpha value is -2.82. The molecule has 3 rings (SSSR count). The van der Waals surface area contributed by atoms with Gasteiger partial charge in [-0.3, -0.25) is 4.79 Å². The van der Waals surface area contributed by atoms with Crippen LogP contribution in [-0.2, 0) is 9.53 Å². The molecule has 5 nitrogen and oxygen atoms in total. The Labute approximate surface area is 172 Å². The van der Waals surface area contributed by atoms with Crippen molar-refractivity contribution < 1.29 is 19.4 Å². The van der Waals surface area contributed by atoms with Crippen molar-refractivity contribution in [1.82, 2.24) is 4.90 Å². The van der Waals surface area contributed by atoms with Crippen LogP contribution in [0.15, 0.2) is 54.6 Å². The maximum atomic E-state index is 12.5. The van der Waals surface area contributed by atoms with Crippen LogP contribution < -0.4 is 0 Å². The summed E-state index contributed by atoms with van der Waals surface area (Å²) in [5, 5.41) is 9.44. The Morgan fingerprint density at radius 2 is 1.76 bits per heavy atom. The van der Waals surface area contributed by atoms with Crippen LogP contribution in [0.5, 0.6) is 0 Å². The Morgan fingerprint density at radius 1 is 1.07 bits per heavy atom. The van der Waals surface area contributed by atoms with E-state index in [1.54, 1.807) is 4.90 Å². The molecule has 0 saturated carbocycles. The summed E-state index contributed by atoms with van der Waals surface area (Å²) in [5.41, 5.74) is 2.81. The molecule has 29 heavy (non-hydrogen) atoms. The Kier molecular flexibility index (Phi) is 6.26. The van der Waals surface area contributed by atoms with Crippen LogP contribution in [0.1, 0.15) is 45.1 Å². The molecule has 0 aromatic heterocycles. The minimum Gasteiger partial charge on any atom is -0.481 e. The number of aliphatic carboxylic acids is 1. The van der Waals surface area contributed by atoms with Crippen molar-refractivity contribution >= 4 is 12.1 Å². The highest BCUT2D eigenvalue weighted by Gasteiger charge is 2.35. The van der Waals surface area contributed by atoms with Gasteiger partial charge in [0.1, 0.15) is 5.60 Å². The number of hydrogen-bond donors (Lipinski definition) is 1. The average Bonchev–Trinajstić information content (AvgIpc) is 2.67. The predicted octanol–water partition coefficient (Wildman–Crippen LogP) is 5.17. The first-order valence-electron chi connectivity index (χ1n) is 10.1. The number of ether oxygens (including phenoxy) is 1. The molecular formula is C24H29NO4. The minimum atomic E-state index is -0.842. The molecule has 0 unspecified atom stereocenters. The molecule has 154 valence electrons. The number of piperidine rings is 1. The summed E-state index contributed by atoms with van der Waals surface area (Å²) in [6, 6.07) is 18.5. The van der Waals surface area contributed by atoms with Crippen molar-refractivity contribution in [2.75, 3.05) is 13.1 Å². The van der Waals surface area contributed by atoms with Gasteiger partial charge in [0.05, 0.1) is 6.42 Å². The fraction of sp³-hybridized carbons (Fsp3) is 0.417. The summed E-state index contributed by atoms with van der Waals surface area (Å²) in [4.78, 5) is 25.6. The van der Waals surface area contributed by atoms with Gasteiger partial charge in [-0.1, -0.05) is 54.6 Å². The molecular weight excluding hydrogens is 366 g/mol. The quantitative estimate of drug-likeness (QED) is 0.776. The summed E-state index contributed by atoms with van der Waals surface area (Å²) in [6.45, 7) is 6.46. The average molecular weight is 395 g/mol. The van der Waals surface area contributed by atoms with Gasteiger partial charge in [-0.2, -0.15) is 0 Å². The lowest BCUT2D eigenvalue weighted by Gasteiger charge is -2.39. The lowest BCUT2D eigenvalue weighted by Crippen LogP contribution is -2.45. The lowest BCUT2D eigenvalue weighted by atomic mass is 9.78. The van der Waals surface area contributed by atoms with Gasteiger partial charge in [0.25, 0.3) is 0 Å². The molecule has 0 spiro atoms. The molecule has 2 aromatic carbocycles. The first kappa shape index (κ1) is 20.9. The normalized spacial score (nSPS) is 19.6. The minimum absolute atomic E-state index is 0.0273. The van der Waals surface area contributed by atoms with E-state index < -0.39 is 11.6 Å². The van der Waals surface area contributed by atoms with Crippen molar-refractivity contribution in [2.24, 2.45) is 5.92 Å². The van der Waals surface area contributed by atoms with Crippen molar-refractivity contribution in [2.45, 2.75) is 45.1 Å². The van der Waals surface area contributed by atoms with E-state index in [9.17, 15) is 14.7 Å². The number of likely N-dealkylation sites (tertiary alicyclic amines) is 1. The van der Waals surface area contributed by atoms with Gasteiger partial charge in [0, 0.05) is 13.1 Å². The first-order chi connectivity index (χ1) is 13.7. The van der Waals surface area contributed by atoms with Gasteiger partial charge in [0.15, 0.2) is 0 Å².